The molecule has 4 aromatic rings. The molecule has 4 aliphatic rings. The molecule has 60 heavy (non-hydrogen) atoms. The van der Waals surface area contributed by atoms with Crippen molar-refractivity contribution in [2.45, 2.75) is 102 Å². The van der Waals surface area contributed by atoms with Crippen molar-refractivity contribution >= 4 is 17.9 Å². The van der Waals surface area contributed by atoms with Crippen molar-refractivity contribution in [3.8, 4) is 0 Å². The van der Waals surface area contributed by atoms with E-state index in [1.54, 1.807) is 42.7 Å². The van der Waals surface area contributed by atoms with Gasteiger partial charge in [-0.2, -0.15) is 0 Å². The number of fused-ring (bicyclic) bond motifs is 1. The monoisotopic (exact) mass is 805 g/mol. The van der Waals surface area contributed by atoms with E-state index in [9.17, 15) is 14.4 Å². The average molecular weight is 806 g/mol. The van der Waals surface area contributed by atoms with Gasteiger partial charge in [0, 0.05) is 12.8 Å². The van der Waals surface area contributed by atoms with Gasteiger partial charge in [-0.3, -0.25) is 0 Å². The summed E-state index contributed by atoms with van der Waals surface area (Å²) in [6, 6.07) is 27.1. The lowest BCUT2D eigenvalue weighted by molar-refractivity contribution is 0.00211. The highest BCUT2D eigenvalue weighted by atomic mass is 16.6. The van der Waals surface area contributed by atoms with Crippen LogP contribution >= 0.6 is 0 Å². The molecule has 1 aromatic heterocycles. The van der Waals surface area contributed by atoms with Crippen LogP contribution in [0.2, 0.25) is 0 Å². The molecule has 3 aromatic carbocycles. The fourth-order valence-corrected chi connectivity index (χ4v) is 10.2. The van der Waals surface area contributed by atoms with Gasteiger partial charge in [0.2, 0.25) is 5.89 Å². The number of ether oxygens (including phenoxy) is 3. The SMILES string of the molecule is C=C1C(=CC=C2CCC[C@]3(C)[C@@H]([C@H](C)C=C[C@H](OC(=O)c4ccccc4)C4(c5nc(C)co5)CC4)CC[C@@H]23)C[C@@H](OC(=O)c2ccccc2)C[C@@H]1OC(=O)c1ccccc1. The molecule has 8 nitrogen and oxygen atoms in total. The molecule has 0 amide bonds. The molecule has 0 N–H and O–H groups in total. The highest BCUT2D eigenvalue weighted by Gasteiger charge is 2.56. The molecule has 0 bridgehead atoms. The van der Waals surface area contributed by atoms with Crippen molar-refractivity contribution < 1.29 is 33.0 Å². The van der Waals surface area contributed by atoms with Crippen LogP contribution in [-0.4, -0.2) is 41.2 Å². The quantitative estimate of drug-likeness (QED) is 0.0792. The number of aryl methyl sites for hydroxylation is 1. The number of nitrogens with zero attached hydrogens (tertiary/aromatic N) is 1. The van der Waals surface area contributed by atoms with Crippen LogP contribution in [0.1, 0.15) is 114 Å². The summed E-state index contributed by atoms with van der Waals surface area (Å²) in [4.78, 5) is 44.5. The second-order valence-corrected chi connectivity index (χ2v) is 17.5. The predicted octanol–water partition coefficient (Wildman–Crippen LogP) is 11.3. The van der Waals surface area contributed by atoms with Crippen molar-refractivity contribution in [1.29, 1.82) is 0 Å². The van der Waals surface area contributed by atoms with E-state index in [1.165, 1.54) is 5.57 Å². The van der Waals surface area contributed by atoms with Gasteiger partial charge < -0.3 is 18.6 Å². The molecule has 0 spiro atoms. The number of carbonyl (C=O) groups excluding carboxylic acids is 3. The van der Waals surface area contributed by atoms with Gasteiger partial charge in [-0.1, -0.05) is 98.8 Å². The van der Waals surface area contributed by atoms with Gasteiger partial charge in [-0.25, -0.2) is 19.4 Å². The number of hydrogen-bond donors (Lipinski definition) is 0. The molecule has 0 saturated heterocycles. The maximum atomic E-state index is 13.4. The average Bonchev–Trinajstić information content (AvgIpc) is 3.82. The largest absolute Gasteiger partial charge is 0.458 e. The Bertz CT molecular complexity index is 2290. The molecule has 8 rings (SSSR count). The first-order valence-corrected chi connectivity index (χ1v) is 21.5. The molecular formula is C52H55NO7. The number of aromatic nitrogens is 1. The summed E-state index contributed by atoms with van der Waals surface area (Å²) in [5, 5.41) is 0. The number of allylic oxidation sites excluding steroid dienone is 4. The van der Waals surface area contributed by atoms with Gasteiger partial charge in [0.1, 0.15) is 24.6 Å². The molecule has 0 radical (unpaired) electrons. The molecular weight excluding hydrogens is 751 g/mol. The van der Waals surface area contributed by atoms with E-state index in [-0.39, 0.29) is 17.3 Å². The minimum absolute atomic E-state index is 0.0879. The topological polar surface area (TPSA) is 105 Å². The number of rotatable bonds is 12. The predicted molar refractivity (Wildman–Crippen MR) is 230 cm³/mol. The zero-order chi connectivity index (χ0) is 41.9. The summed E-state index contributed by atoms with van der Waals surface area (Å²) >= 11 is 0. The molecule has 4 fully saturated rings. The summed E-state index contributed by atoms with van der Waals surface area (Å²) in [7, 11) is 0. The molecule has 310 valence electrons. The van der Waals surface area contributed by atoms with Gasteiger partial charge in [0.25, 0.3) is 0 Å². The standard InChI is InChI=1S/C52H55NO7/c1-34(22-27-46(60-49(56)40-19-12-7-13-20-40)52(29-30-52)50-53-35(2)33-57-50)43-25-26-44-37(21-14-28-51(43,44)4)23-24-41-31-42(58-47(54)38-15-8-5-9-16-38)32-45(36(41)3)59-48(55)39-17-10-6-11-18-39/h5-13,15-20,22-24,27,33-34,42-46H,3,14,21,25-26,28-32H2,1-2,4H3/t34-,42-,43-,44+,45+,46+,51-/m1/s1. The highest BCUT2D eigenvalue weighted by Crippen LogP contribution is 2.60. The first-order valence-electron chi connectivity index (χ1n) is 21.5. The number of esters is 3. The van der Waals surface area contributed by atoms with Crippen molar-refractivity contribution in [1.82, 2.24) is 4.98 Å². The van der Waals surface area contributed by atoms with Gasteiger partial charge in [0.15, 0.2) is 0 Å². The van der Waals surface area contributed by atoms with E-state index in [1.807, 2.05) is 61.5 Å². The smallest absolute Gasteiger partial charge is 0.338 e. The van der Waals surface area contributed by atoms with Crippen molar-refractivity contribution in [3.05, 3.63) is 173 Å². The Morgan fingerprint density at radius 1 is 0.817 bits per heavy atom. The van der Waals surface area contributed by atoms with E-state index in [4.69, 9.17) is 18.6 Å². The van der Waals surface area contributed by atoms with Crippen molar-refractivity contribution in [2.75, 3.05) is 0 Å². The van der Waals surface area contributed by atoms with E-state index >= 15 is 0 Å². The number of oxazole rings is 1. The number of benzene rings is 3. The fraction of sp³-hybridized carbons (Fsp3) is 0.385. The molecule has 7 atom stereocenters. The Labute approximate surface area is 353 Å². The molecule has 1 heterocycles. The van der Waals surface area contributed by atoms with Crippen LogP contribution in [0.15, 0.2) is 149 Å². The van der Waals surface area contributed by atoms with E-state index in [0.717, 1.165) is 61.8 Å². The second-order valence-electron chi connectivity index (χ2n) is 17.5. The number of hydrogen-bond acceptors (Lipinski definition) is 8. The lowest BCUT2D eigenvalue weighted by atomic mass is 9.61. The molecule has 4 saturated carbocycles. The Morgan fingerprint density at radius 2 is 1.43 bits per heavy atom. The summed E-state index contributed by atoms with van der Waals surface area (Å²) in [5.74, 6) is 0.550. The highest BCUT2D eigenvalue weighted by molar-refractivity contribution is 5.90. The minimum atomic E-state index is -0.636. The van der Waals surface area contributed by atoms with Gasteiger partial charge in [-0.05, 0) is 129 Å². The van der Waals surface area contributed by atoms with Crippen molar-refractivity contribution in [2.24, 2.45) is 23.2 Å². The Morgan fingerprint density at radius 3 is 2.03 bits per heavy atom. The first-order chi connectivity index (χ1) is 29.0. The molecule has 0 unspecified atom stereocenters. The molecule has 0 aliphatic heterocycles. The Hall–Kier alpha value is -5.76. The van der Waals surface area contributed by atoms with Crippen LogP contribution in [0.5, 0.6) is 0 Å². The summed E-state index contributed by atoms with van der Waals surface area (Å²) in [6.07, 6.45) is 16.8. The summed E-state index contributed by atoms with van der Waals surface area (Å²) < 4.78 is 24.3. The molecule has 4 aliphatic carbocycles. The lowest BCUT2D eigenvalue weighted by Gasteiger charge is -2.44. The van der Waals surface area contributed by atoms with Crippen LogP contribution < -0.4 is 0 Å². The lowest BCUT2D eigenvalue weighted by Crippen LogP contribution is -2.36. The maximum Gasteiger partial charge on any atom is 0.338 e. The third kappa shape index (κ3) is 8.61. The van der Waals surface area contributed by atoms with E-state index in [0.29, 0.717) is 47.3 Å². The Kier molecular flexibility index (Phi) is 11.9. The molecule has 8 heteroatoms. The minimum Gasteiger partial charge on any atom is -0.458 e. The van der Waals surface area contributed by atoms with Gasteiger partial charge in [-0.15, -0.1) is 0 Å². The van der Waals surface area contributed by atoms with Crippen LogP contribution in [0, 0.1) is 30.1 Å². The van der Waals surface area contributed by atoms with Gasteiger partial charge >= 0.3 is 17.9 Å². The Balaban J connectivity index is 1.01. The van der Waals surface area contributed by atoms with Gasteiger partial charge in [0.05, 0.1) is 27.8 Å². The second kappa shape index (κ2) is 17.5. The van der Waals surface area contributed by atoms with Crippen LogP contribution in [0.4, 0.5) is 0 Å². The maximum absolute atomic E-state index is 13.4. The van der Waals surface area contributed by atoms with Crippen LogP contribution in [0.25, 0.3) is 0 Å². The summed E-state index contributed by atoms with van der Waals surface area (Å²) in [6.45, 7) is 11.1. The number of carbonyl (C=O) groups is 3. The fourth-order valence-electron chi connectivity index (χ4n) is 10.2. The van der Waals surface area contributed by atoms with E-state index in [2.05, 4.69) is 49.7 Å². The van der Waals surface area contributed by atoms with Crippen LogP contribution in [0.3, 0.4) is 0 Å². The van der Waals surface area contributed by atoms with Crippen LogP contribution in [-0.2, 0) is 19.6 Å². The third-order valence-electron chi connectivity index (χ3n) is 13.7. The van der Waals surface area contributed by atoms with E-state index < -0.39 is 35.7 Å². The summed E-state index contributed by atoms with van der Waals surface area (Å²) in [5.41, 5.74) is 4.99. The zero-order valence-corrected chi connectivity index (χ0v) is 34.9. The zero-order valence-electron chi connectivity index (χ0n) is 34.9. The normalized spacial score (nSPS) is 26.9. The third-order valence-corrected chi connectivity index (χ3v) is 13.7. The first kappa shape index (κ1) is 41.0. The van der Waals surface area contributed by atoms with Crippen molar-refractivity contribution in [3.63, 3.8) is 0 Å².